The predicted octanol–water partition coefficient (Wildman–Crippen LogP) is -0.573. The topological polar surface area (TPSA) is 106 Å². The molecular formula is C10H13N3O3S2. The summed E-state index contributed by atoms with van der Waals surface area (Å²) < 4.78 is 25.0. The maximum atomic E-state index is 12.1. The Bertz CT molecular complexity index is 584. The van der Waals surface area contributed by atoms with E-state index >= 15 is 0 Å². The Hall–Kier alpha value is -1.51. The molecular weight excluding hydrogens is 274 g/mol. The molecule has 0 unspecified atom stereocenters. The molecule has 0 atom stereocenters. The third-order valence-electron chi connectivity index (χ3n) is 2.21. The zero-order chi connectivity index (χ0) is 13.9. The van der Waals surface area contributed by atoms with Crippen LogP contribution in [-0.4, -0.2) is 37.2 Å². The van der Waals surface area contributed by atoms with Crippen LogP contribution in [0.25, 0.3) is 0 Å². The quantitative estimate of drug-likeness (QED) is 0.705. The van der Waals surface area contributed by atoms with E-state index in [-0.39, 0.29) is 16.4 Å². The predicted molar refractivity (Wildman–Crippen MR) is 71.3 cm³/mol. The molecule has 0 aliphatic carbocycles. The van der Waals surface area contributed by atoms with Crippen molar-refractivity contribution in [2.24, 2.45) is 11.5 Å². The summed E-state index contributed by atoms with van der Waals surface area (Å²) in [5, 5.41) is 0. The molecule has 98 valence electrons. The molecule has 6 nitrogen and oxygen atoms in total. The Kier molecular flexibility index (Phi) is 4.38. The number of carbonyl (C=O) groups is 1. The molecule has 1 aromatic rings. The average molecular weight is 287 g/mol. The monoisotopic (exact) mass is 287 g/mol. The van der Waals surface area contributed by atoms with Crippen LogP contribution in [-0.2, 0) is 14.8 Å². The van der Waals surface area contributed by atoms with Gasteiger partial charge in [0.2, 0.25) is 15.9 Å². The van der Waals surface area contributed by atoms with Gasteiger partial charge in [-0.1, -0.05) is 24.4 Å². The van der Waals surface area contributed by atoms with E-state index in [9.17, 15) is 13.2 Å². The Morgan fingerprint density at radius 2 is 2.00 bits per heavy atom. The second-order valence-corrected chi connectivity index (χ2v) is 6.10. The SMILES string of the molecule is CN(CC(N)=O)S(=O)(=O)c1cccc(C(N)=S)c1. The maximum Gasteiger partial charge on any atom is 0.243 e. The third kappa shape index (κ3) is 3.25. The number of rotatable bonds is 5. The van der Waals surface area contributed by atoms with Gasteiger partial charge in [0.25, 0.3) is 0 Å². The van der Waals surface area contributed by atoms with Crippen molar-refractivity contribution in [2.45, 2.75) is 4.90 Å². The normalized spacial score (nSPS) is 11.4. The number of sulfonamides is 1. The van der Waals surface area contributed by atoms with Crippen molar-refractivity contribution in [3.8, 4) is 0 Å². The summed E-state index contributed by atoms with van der Waals surface area (Å²) >= 11 is 4.78. The first-order chi connectivity index (χ1) is 8.25. The van der Waals surface area contributed by atoms with Crippen LogP contribution in [0.2, 0.25) is 0 Å². The van der Waals surface area contributed by atoms with E-state index < -0.39 is 15.9 Å². The van der Waals surface area contributed by atoms with Gasteiger partial charge in [0, 0.05) is 12.6 Å². The Morgan fingerprint density at radius 1 is 1.39 bits per heavy atom. The lowest BCUT2D eigenvalue weighted by atomic mass is 10.2. The fourth-order valence-corrected chi connectivity index (χ4v) is 2.60. The zero-order valence-corrected chi connectivity index (χ0v) is 11.3. The smallest absolute Gasteiger partial charge is 0.243 e. The van der Waals surface area contributed by atoms with E-state index in [1.54, 1.807) is 6.07 Å². The number of nitrogens with two attached hydrogens (primary N) is 2. The number of hydrogen-bond donors (Lipinski definition) is 2. The van der Waals surface area contributed by atoms with Crippen LogP contribution in [0, 0.1) is 0 Å². The highest BCUT2D eigenvalue weighted by Crippen LogP contribution is 2.15. The molecule has 0 aliphatic rings. The molecule has 0 aliphatic heterocycles. The van der Waals surface area contributed by atoms with Gasteiger partial charge in [0.1, 0.15) is 4.99 Å². The molecule has 0 radical (unpaired) electrons. The van der Waals surface area contributed by atoms with Gasteiger partial charge in [-0.2, -0.15) is 4.31 Å². The van der Waals surface area contributed by atoms with Crippen LogP contribution in [0.4, 0.5) is 0 Å². The number of hydrogen-bond acceptors (Lipinski definition) is 4. The Labute approximate surface area is 111 Å². The number of benzene rings is 1. The van der Waals surface area contributed by atoms with Crippen LogP contribution in [0.3, 0.4) is 0 Å². The van der Waals surface area contributed by atoms with Crippen LogP contribution in [0.5, 0.6) is 0 Å². The van der Waals surface area contributed by atoms with Gasteiger partial charge in [0.15, 0.2) is 0 Å². The lowest BCUT2D eigenvalue weighted by Gasteiger charge is -2.15. The molecule has 4 N–H and O–H groups in total. The van der Waals surface area contributed by atoms with Crippen LogP contribution in [0.15, 0.2) is 29.2 Å². The number of carbonyl (C=O) groups excluding carboxylic acids is 1. The van der Waals surface area contributed by atoms with Crippen molar-refractivity contribution in [1.82, 2.24) is 4.31 Å². The second-order valence-electron chi connectivity index (χ2n) is 3.62. The summed E-state index contributed by atoms with van der Waals surface area (Å²) in [6.45, 7) is -0.389. The fourth-order valence-electron chi connectivity index (χ4n) is 1.29. The molecule has 18 heavy (non-hydrogen) atoms. The first-order valence-corrected chi connectivity index (χ1v) is 6.74. The van der Waals surface area contributed by atoms with Crippen molar-refractivity contribution < 1.29 is 13.2 Å². The minimum absolute atomic E-state index is 0.0107. The van der Waals surface area contributed by atoms with Crippen LogP contribution < -0.4 is 11.5 Å². The van der Waals surface area contributed by atoms with Crippen molar-refractivity contribution >= 4 is 33.1 Å². The minimum Gasteiger partial charge on any atom is -0.389 e. The van der Waals surface area contributed by atoms with E-state index in [2.05, 4.69) is 0 Å². The number of nitrogens with zero attached hydrogens (tertiary/aromatic N) is 1. The largest absolute Gasteiger partial charge is 0.389 e. The van der Waals surface area contributed by atoms with Crippen molar-refractivity contribution in [3.63, 3.8) is 0 Å². The van der Waals surface area contributed by atoms with Gasteiger partial charge in [-0.05, 0) is 12.1 Å². The standard InChI is InChI=1S/C10H13N3O3S2/c1-13(6-9(11)14)18(15,16)8-4-2-3-7(5-8)10(12)17/h2-5H,6H2,1H3,(H2,11,14)(H2,12,17). The minimum atomic E-state index is -3.77. The van der Waals surface area contributed by atoms with Crippen molar-refractivity contribution in [1.29, 1.82) is 0 Å². The number of thiocarbonyl (C=S) groups is 1. The first kappa shape index (κ1) is 14.6. The van der Waals surface area contributed by atoms with Crippen LogP contribution in [0.1, 0.15) is 5.56 Å². The lowest BCUT2D eigenvalue weighted by molar-refractivity contribution is -0.118. The number of likely N-dealkylation sites (N-methyl/N-ethyl adjacent to an activating group) is 1. The summed E-state index contributed by atoms with van der Waals surface area (Å²) in [5.41, 5.74) is 10.8. The van der Waals surface area contributed by atoms with E-state index in [1.807, 2.05) is 0 Å². The zero-order valence-electron chi connectivity index (χ0n) is 9.66. The first-order valence-electron chi connectivity index (χ1n) is 4.89. The Balaban J connectivity index is 3.16. The number of primary amides is 1. The molecule has 0 saturated carbocycles. The van der Waals surface area contributed by atoms with E-state index in [4.69, 9.17) is 23.7 Å². The summed E-state index contributed by atoms with van der Waals surface area (Å²) in [5.74, 6) is -0.730. The highest BCUT2D eigenvalue weighted by Gasteiger charge is 2.22. The Morgan fingerprint density at radius 3 is 2.50 bits per heavy atom. The second kappa shape index (κ2) is 5.42. The third-order valence-corrected chi connectivity index (χ3v) is 4.24. The van der Waals surface area contributed by atoms with E-state index in [0.29, 0.717) is 5.56 Å². The lowest BCUT2D eigenvalue weighted by Crippen LogP contribution is -2.35. The molecule has 0 heterocycles. The molecule has 1 aromatic carbocycles. The fraction of sp³-hybridized carbons (Fsp3) is 0.200. The van der Waals surface area contributed by atoms with Gasteiger partial charge in [0.05, 0.1) is 11.4 Å². The summed E-state index contributed by atoms with van der Waals surface area (Å²) in [4.78, 5) is 10.9. The summed E-state index contributed by atoms with van der Waals surface area (Å²) in [6, 6.07) is 5.89. The summed E-state index contributed by atoms with van der Waals surface area (Å²) in [7, 11) is -2.50. The molecule has 8 heteroatoms. The molecule has 0 bridgehead atoms. The molecule has 0 aromatic heterocycles. The summed E-state index contributed by atoms with van der Waals surface area (Å²) in [6.07, 6.45) is 0. The maximum absolute atomic E-state index is 12.1. The molecule has 1 rings (SSSR count). The van der Waals surface area contributed by atoms with Gasteiger partial charge >= 0.3 is 0 Å². The van der Waals surface area contributed by atoms with Gasteiger partial charge < -0.3 is 11.5 Å². The van der Waals surface area contributed by atoms with Gasteiger partial charge in [-0.15, -0.1) is 0 Å². The highest BCUT2D eigenvalue weighted by molar-refractivity contribution is 7.89. The van der Waals surface area contributed by atoms with Crippen LogP contribution >= 0.6 is 12.2 Å². The highest BCUT2D eigenvalue weighted by atomic mass is 32.2. The molecule has 0 spiro atoms. The van der Waals surface area contributed by atoms with Gasteiger partial charge in [-0.3, -0.25) is 4.79 Å². The molecule has 0 saturated heterocycles. The van der Waals surface area contributed by atoms with Crippen molar-refractivity contribution in [2.75, 3.05) is 13.6 Å². The molecule has 1 amide bonds. The van der Waals surface area contributed by atoms with Gasteiger partial charge in [-0.25, -0.2) is 8.42 Å². The van der Waals surface area contributed by atoms with Crippen molar-refractivity contribution in [3.05, 3.63) is 29.8 Å². The molecule has 0 fully saturated rings. The van der Waals surface area contributed by atoms with E-state index in [1.165, 1.54) is 25.2 Å². The number of amides is 1. The average Bonchev–Trinajstić information content (AvgIpc) is 2.28. The van der Waals surface area contributed by atoms with E-state index in [0.717, 1.165) is 4.31 Å².